The van der Waals surface area contributed by atoms with Gasteiger partial charge < -0.3 is 10.2 Å². The van der Waals surface area contributed by atoms with Gasteiger partial charge >= 0.3 is 0 Å². The van der Waals surface area contributed by atoms with Gasteiger partial charge in [0, 0.05) is 36.9 Å². The van der Waals surface area contributed by atoms with Crippen LogP contribution in [0, 0.1) is 19.3 Å². The highest BCUT2D eigenvalue weighted by atomic mass is 15.2. The zero-order valence-corrected chi connectivity index (χ0v) is 14.0. The highest BCUT2D eigenvalue weighted by molar-refractivity contribution is 5.52. The topological polar surface area (TPSA) is 28.2 Å². The Morgan fingerprint density at radius 3 is 2.76 bits per heavy atom. The minimum absolute atomic E-state index is 0.402. The molecule has 1 aromatic heterocycles. The van der Waals surface area contributed by atoms with Crippen molar-refractivity contribution in [1.82, 2.24) is 10.3 Å². The first-order valence-electron chi connectivity index (χ1n) is 8.40. The lowest BCUT2D eigenvalue weighted by Gasteiger charge is -2.39. The molecule has 0 bridgehead atoms. The third kappa shape index (κ3) is 3.57. The van der Waals surface area contributed by atoms with Crippen LogP contribution in [0.4, 0.5) is 5.82 Å². The van der Waals surface area contributed by atoms with Gasteiger partial charge in [-0.2, -0.15) is 0 Å². The minimum Gasteiger partial charge on any atom is -0.356 e. The first kappa shape index (κ1) is 14.8. The second-order valence-corrected chi connectivity index (χ2v) is 7.73. The maximum absolute atomic E-state index is 4.91. The Bertz CT molecular complexity index is 517. The molecule has 0 spiro atoms. The zero-order valence-electron chi connectivity index (χ0n) is 14.0. The third-order valence-electron chi connectivity index (χ3n) is 4.80. The Kier molecular flexibility index (Phi) is 3.96. The Labute approximate surface area is 129 Å². The van der Waals surface area contributed by atoms with Crippen molar-refractivity contribution in [2.45, 2.75) is 66.0 Å². The van der Waals surface area contributed by atoms with Gasteiger partial charge in [-0.1, -0.05) is 13.8 Å². The van der Waals surface area contributed by atoms with E-state index < -0.39 is 0 Å². The number of rotatable bonds is 4. The second kappa shape index (κ2) is 5.60. The molecule has 0 unspecified atom stereocenters. The molecule has 1 aliphatic carbocycles. The van der Waals surface area contributed by atoms with E-state index in [0.29, 0.717) is 5.41 Å². The summed E-state index contributed by atoms with van der Waals surface area (Å²) in [6.45, 7) is 12.3. The molecule has 0 radical (unpaired) electrons. The van der Waals surface area contributed by atoms with Crippen molar-refractivity contribution in [2.24, 2.45) is 5.41 Å². The number of nitrogens with one attached hydrogen (secondary N) is 1. The fourth-order valence-corrected chi connectivity index (χ4v) is 3.46. The molecule has 0 atom stereocenters. The molecule has 2 aliphatic rings. The third-order valence-corrected chi connectivity index (χ3v) is 4.80. The van der Waals surface area contributed by atoms with Crippen LogP contribution in [-0.4, -0.2) is 24.1 Å². The summed E-state index contributed by atoms with van der Waals surface area (Å²) in [5.74, 6) is 1.23. The number of anilines is 1. The highest BCUT2D eigenvalue weighted by Crippen LogP contribution is 2.33. The summed E-state index contributed by atoms with van der Waals surface area (Å²) >= 11 is 0. The van der Waals surface area contributed by atoms with Gasteiger partial charge in [-0.15, -0.1) is 0 Å². The smallest absolute Gasteiger partial charge is 0.133 e. The molecule has 116 valence electrons. The molecule has 21 heavy (non-hydrogen) atoms. The number of piperidine rings is 1. The zero-order chi connectivity index (χ0) is 15.0. The summed E-state index contributed by atoms with van der Waals surface area (Å²) in [6.07, 6.45) is 5.27. The van der Waals surface area contributed by atoms with Gasteiger partial charge in [0.15, 0.2) is 0 Å². The fourth-order valence-electron chi connectivity index (χ4n) is 3.46. The normalized spacial score (nSPS) is 21.6. The molecular formula is C18H29N3. The van der Waals surface area contributed by atoms with Crippen molar-refractivity contribution >= 4 is 5.82 Å². The Morgan fingerprint density at radius 1 is 1.33 bits per heavy atom. The standard InChI is InChI=1S/C18H29N3/c1-13-10-14(2)20-17(16(13)11-19-15-6-7-15)21-9-5-8-18(3,4)12-21/h10,15,19H,5-9,11-12H2,1-4H3. The van der Waals surface area contributed by atoms with Crippen LogP contribution in [-0.2, 0) is 6.54 Å². The molecular weight excluding hydrogens is 258 g/mol. The molecule has 3 rings (SSSR count). The first-order valence-corrected chi connectivity index (χ1v) is 8.40. The average molecular weight is 287 g/mol. The lowest BCUT2D eigenvalue weighted by molar-refractivity contribution is 0.291. The largest absolute Gasteiger partial charge is 0.356 e. The molecule has 0 amide bonds. The van der Waals surface area contributed by atoms with Crippen molar-refractivity contribution in [3.63, 3.8) is 0 Å². The quantitative estimate of drug-likeness (QED) is 0.917. The Hall–Kier alpha value is -1.09. The van der Waals surface area contributed by atoms with Crippen LogP contribution in [0.3, 0.4) is 0 Å². The van der Waals surface area contributed by atoms with Crippen LogP contribution < -0.4 is 10.2 Å². The van der Waals surface area contributed by atoms with Gasteiger partial charge in [-0.3, -0.25) is 0 Å². The molecule has 1 saturated carbocycles. The number of aryl methyl sites for hydroxylation is 2. The molecule has 1 aliphatic heterocycles. The van der Waals surface area contributed by atoms with Crippen molar-refractivity contribution < 1.29 is 0 Å². The van der Waals surface area contributed by atoms with E-state index in [4.69, 9.17) is 4.98 Å². The molecule has 1 N–H and O–H groups in total. The maximum atomic E-state index is 4.91. The summed E-state index contributed by atoms with van der Waals surface area (Å²) in [6, 6.07) is 2.97. The lowest BCUT2D eigenvalue weighted by Crippen LogP contribution is -2.41. The molecule has 3 nitrogen and oxygen atoms in total. The summed E-state index contributed by atoms with van der Waals surface area (Å²) in [5.41, 5.74) is 4.33. The van der Waals surface area contributed by atoms with Crippen molar-refractivity contribution in [2.75, 3.05) is 18.0 Å². The number of nitrogens with zero attached hydrogens (tertiary/aromatic N) is 2. The molecule has 3 heteroatoms. The van der Waals surface area contributed by atoms with Crippen LogP contribution in [0.15, 0.2) is 6.07 Å². The predicted octanol–water partition coefficient (Wildman–Crippen LogP) is 3.58. The molecule has 1 aromatic rings. The molecule has 1 saturated heterocycles. The highest BCUT2D eigenvalue weighted by Gasteiger charge is 2.29. The summed E-state index contributed by atoms with van der Waals surface area (Å²) in [5, 5.41) is 3.67. The predicted molar refractivity (Wildman–Crippen MR) is 88.8 cm³/mol. The monoisotopic (exact) mass is 287 g/mol. The second-order valence-electron chi connectivity index (χ2n) is 7.73. The molecule has 2 heterocycles. The van der Waals surface area contributed by atoms with Crippen LogP contribution in [0.1, 0.15) is 56.4 Å². The van der Waals surface area contributed by atoms with Crippen molar-refractivity contribution in [3.05, 3.63) is 22.9 Å². The van der Waals surface area contributed by atoms with E-state index in [-0.39, 0.29) is 0 Å². The number of hydrogen-bond acceptors (Lipinski definition) is 3. The van der Waals surface area contributed by atoms with Gasteiger partial charge in [-0.05, 0) is 56.6 Å². The number of pyridine rings is 1. The first-order chi connectivity index (χ1) is 9.94. The van der Waals surface area contributed by atoms with Crippen LogP contribution in [0.25, 0.3) is 0 Å². The average Bonchev–Trinajstić information content (AvgIpc) is 3.19. The maximum Gasteiger partial charge on any atom is 0.133 e. The summed E-state index contributed by atoms with van der Waals surface area (Å²) in [7, 11) is 0. The number of hydrogen-bond donors (Lipinski definition) is 1. The van der Waals surface area contributed by atoms with E-state index in [0.717, 1.165) is 31.4 Å². The van der Waals surface area contributed by atoms with E-state index in [1.54, 1.807) is 0 Å². The summed E-state index contributed by atoms with van der Waals surface area (Å²) in [4.78, 5) is 7.43. The van der Waals surface area contributed by atoms with E-state index in [1.165, 1.54) is 42.6 Å². The molecule has 0 aromatic carbocycles. The van der Waals surface area contributed by atoms with Crippen LogP contribution >= 0.6 is 0 Å². The van der Waals surface area contributed by atoms with Crippen molar-refractivity contribution in [1.29, 1.82) is 0 Å². The van der Waals surface area contributed by atoms with Crippen molar-refractivity contribution in [3.8, 4) is 0 Å². The SMILES string of the molecule is Cc1cc(C)c(CNC2CC2)c(N2CCCC(C)(C)C2)n1. The molecule has 2 fully saturated rings. The van der Waals surface area contributed by atoms with E-state index in [9.17, 15) is 0 Å². The van der Waals surface area contributed by atoms with E-state index in [1.807, 2.05) is 0 Å². The van der Waals surface area contributed by atoms with Crippen LogP contribution in [0.2, 0.25) is 0 Å². The van der Waals surface area contributed by atoms with E-state index >= 15 is 0 Å². The van der Waals surface area contributed by atoms with Gasteiger partial charge in [0.2, 0.25) is 0 Å². The number of aromatic nitrogens is 1. The van der Waals surface area contributed by atoms with Gasteiger partial charge in [0.1, 0.15) is 5.82 Å². The Morgan fingerprint density at radius 2 is 2.10 bits per heavy atom. The fraction of sp³-hybridized carbons (Fsp3) is 0.722. The minimum atomic E-state index is 0.402. The van der Waals surface area contributed by atoms with Gasteiger partial charge in [-0.25, -0.2) is 4.98 Å². The van der Waals surface area contributed by atoms with Gasteiger partial charge in [0.25, 0.3) is 0 Å². The summed E-state index contributed by atoms with van der Waals surface area (Å²) < 4.78 is 0. The van der Waals surface area contributed by atoms with Crippen LogP contribution in [0.5, 0.6) is 0 Å². The lowest BCUT2D eigenvalue weighted by atomic mass is 9.84. The van der Waals surface area contributed by atoms with Gasteiger partial charge in [0.05, 0.1) is 0 Å². The Balaban J connectivity index is 1.87. The van der Waals surface area contributed by atoms with E-state index in [2.05, 4.69) is 44.0 Å².